The Bertz CT molecular complexity index is 979. The van der Waals surface area contributed by atoms with Gasteiger partial charge in [-0.3, -0.25) is 4.79 Å². The molecule has 1 atom stereocenters. The van der Waals surface area contributed by atoms with Crippen LogP contribution in [0.2, 0.25) is 0 Å². The van der Waals surface area contributed by atoms with E-state index in [1.54, 1.807) is 23.5 Å². The van der Waals surface area contributed by atoms with Crippen molar-refractivity contribution >= 4 is 27.3 Å². The number of carbonyl (C=O) groups is 1. The highest BCUT2D eigenvalue weighted by molar-refractivity contribution is 7.89. The van der Waals surface area contributed by atoms with Crippen molar-refractivity contribution in [1.29, 1.82) is 0 Å². The highest BCUT2D eigenvalue weighted by Gasteiger charge is 2.32. The molecule has 1 saturated carbocycles. The Kier molecular flexibility index (Phi) is 4.73. The van der Waals surface area contributed by atoms with Crippen molar-refractivity contribution in [3.8, 4) is 5.75 Å². The van der Waals surface area contributed by atoms with E-state index in [9.17, 15) is 13.2 Å². The second kappa shape index (κ2) is 6.92. The smallest absolute Gasteiger partial charge is 0.254 e. The first kappa shape index (κ1) is 18.5. The standard InChI is InChI=1S/C19H22N2O4S2/c1-12-15-8-10-26-17(15)7-9-21(12)19(22)13-3-6-16(25-2)18(11-13)27(23,24)20-14-4-5-14/h3,6,8,10-12,14,20H,4-5,7,9H2,1-2H3/t12-/m0/s1. The summed E-state index contributed by atoms with van der Waals surface area (Å²) in [6.45, 7) is 2.64. The van der Waals surface area contributed by atoms with Crippen molar-refractivity contribution in [2.24, 2.45) is 0 Å². The minimum absolute atomic E-state index is 0.0156. The summed E-state index contributed by atoms with van der Waals surface area (Å²) < 4.78 is 33.3. The molecule has 1 aliphatic carbocycles. The average molecular weight is 407 g/mol. The van der Waals surface area contributed by atoms with Gasteiger partial charge in [0.2, 0.25) is 10.0 Å². The molecule has 1 amide bonds. The molecule has 1 N–H and O–H groups in total. The van der Waals surface area contributed by atoms with Crippen LogP contribution in [0.15, 0.2) is 34.5 Å². The second-order valence-corrected chi connectivity index (χ2v) is 9.67. The lowest BCUT2D eigenvalue weighted by Gasteiger charge is -2.33. The number of hydrogen-bond acceptors (Lipinski definition) is 5. The number of methoxy groups -OCH3 is 1. The molecule has 0 unspecified atom stereocenters. The fraction of sp³-hybridized carbons (Fsp3) is 0.421. The monoisotopic (exact) mass is 406 g/mol. The summed E-state index contributed by atoms with van der Waals surface area (Å²) in [5, 5.41) is 2.05. The summed E-state index contributed by atoms with van der Waals surface area (Å²) in [5.41, 5.74) is 1.54. The molecule has 144 valence electrons. The van der Waals surface area contributed by atoms with Crippen molar-refractivity contribution < 1.29 is 17.9 Å². The van der Waals surface area contributed by atoms with E-state index in [1.807, 2.05) is 11.8 Å². The van der Waals surface area contributed by atoms with Crippen LogP contribution in [0.5, 0.6) is 5.75 Å². The largest absolute Gasteiger partial charge is 0.495 e. The molecule has 0 spiro atoms. The average Bonchev–Trinajstić information content (AvgIpc) is 3.32. The Morgan fingerprint density at radius 2 is 2.07 bits per heavy atom. The van der Waals surface area contributed by atoms with Crippen molar-refractivity contribution in [1.82, 2.24) is 9.62 Å². The van der Waals surface area contributed by atoms with Gasteiger partial charge >= 0.3 is 0 Å². The molecule has 2 aliphatic rings. The summed E-state index contributed by atoms with van der Waals surface area (Å²) in [5.74, 6) is 0.0800. The molecular weight excluding hydrogens is 384 g/mol. The second-order valence-electron chi connectivity index (χ2n) is 6.98. The number of thiophene rings is 1. The number of rotatable bonds is 5. The number of sulfonamides is 1. The van der Waals surface area contributed by atoms with E-state index in [0.29, 0.717) is 12.1 Å². The summed E-state index contributed by atoms with van der Waals surface area (Å²) in [6, 6.07) is 6.64. The predicted molar refractivity (Wildman–Crippen MR) is 104 cm³/mol. The van der Waals surface area contributed by atoms with Crippen LogP contribution < -0.4 is 9.46 Å². The minimum atomic E-state index is -3.72. The van der Waals surface area contributed by atoms with Gasteiger partial charge in [0.1, 0.15) is 10.6 Å². The Hall–Kier alpha value is -1.90. The molecule has 8 heteroatoms. The zero-order chi connectivity index (χ0) is 19.2. The minimum Gasteiger partial charge on any atom is -0.495 e. The fourth-order valence-electron chi connectivity index (χ4n) is 3.46. The molecule has 2 heterocycles. The predicted octanol–water partition coefficient (Wildman–Crippen LogP) is 2.96. The van der Waals surface area contributed by atoms with Crippen LogP contribution in [-0.2, 0) is 16.4 Å². The normalized spacial score (nSPS) is 19.6. The molecule has 1 aromatic carbocycles. The van der Waals surface area contributed by atoms with E-state index in [0.717, 1.165) is 19.3 Å². The molecule has 27 heavy (non-hydrogen) atoms. The summed E-state index contributed by atoms with van der Waals surface area (Å²) in [6.07, 6.45) is 2.51. The number of benzene rings is 1. The number of amides is 1. The van der Waals surface area contributed by atoms with Crippen LogP contribution in [0, 0.1) is 0 Å². The third kappa shape index (κ3) is 3.49. The van der Waals surface area contributed by atoms with Gasteiger partial charge in [0.15, 0.2) is 0 Å². The first-order chi connectivity index (χ1) is 12.9. The maximum atomic E-state index is 13.1. The van der Waals surface area contributed by atoms with Gasteiger partial charge in [0.05, 0.1) is 13.2 Å². The van der Waals surface area contributed by atoms with Gasteiger partial charge in [-0.15, -0.1) is 11.3 Å². The zero-order valence-corrected chi connectivity index (χ0v) is 16.9. The highest BCUT2D eigenvalue weighted by Crippen LogP contribution is 2.35. The molecule has 1 aromatic heterocycles. The molecular formula is C19H22N2O4S2. The SMILES string of the molecule is COc1ccc(C(=O)N2CCc3sccc3[C@@H]2C)cc1S(=O)(=O)NC1CC1. The van der Waals surface area contributed by atoms with Gasteiger partial charge in [0.25, 0.3) is 5.91 Å². The Labute approximate surface area is 163 Å². The lowest BCUT2D eigenvalue weighted by Crippen LogP contribution is -2.38. The number of nitrogens with zero attached hydrogens (tertiary/aromatic N) is 1. The number of hydrogen-bond donors (Lipinski definition) is 1. The fourth-order valence-corrected chi connectivity index (χ4v) is 5.92. The van der Waals surface area contributed by atoms with E-state index < -0.39 is 10.0 Å². The number of fused-ring (bicyclic) bond motifs is 1. The molecule has 1 aliphatic heterocycles. The number of ether oxygens (including phenoxy) is 1. The molecule has 4 rings (SSSR count). The Balaban J connectivity index is 1.66. The third-order valence-corrected chi connectivity index (χ3v) is 7.68. The van der Waals surface area contributed by atoms with Gasteiger partial charge in [-0.05, 0) is 61.4 Å². The van der Waals surface area contributed by atoms with E-state index >= 15 is 0 Å². The van der Waals surface area contributed by atoms with Crippen LogP contribution >= 0.6 is 11.3 Å². The van der Waals surface area contributed by atoms with Crippen LogP contribution in [-0.4, -0.2) is 38.9 Å². The first-order valence-electron chi connectivity index (χ1n) is 8.98. The maximum Gasteiger partial charge on any atom is 0.254 e. The number of carbonyl (C=O) groups excluding carboxylic acids is 1. The molecule has 1 fully saturated rings. The maximum absolute atomic E-state index is 13.1. The lowest BCUT2D eigenvalue weighted by atomic mass is 10.0. The van der Waals surface area contributed by atoms with Gasteiger partial charge in [-0.2, -0.15) is 0 Å². The Morgan fingerprint density at radius 3 is 2.78 bits per heavy atom. The van der Waals surface area contributed by atoms with Crippen molar-refractivity contribution in [3.05, 3.63) is 45.6 Å². The van der Waals surface area contributed by atoms with Crippen LogP contribution in [0.4, 0.5) is 0 Å². The van der Waals surface area contributed by atoms with Gasteiger partial charge in [0, 0.05) is 23.0 Å². The highest BCUT2D eigenvalue weighted by atomic mass is 32.2. The molecule has 0 bridgehead atoms. The van der Waals surface area contributed by atoms with Crippen LogP contribution in [0.1, 0.15) is 46.6 Å². The van der Waals surface area contributed by atoms with Gasteiger partial charge < -0.3 is 9.64 Å². The van der Waals surface area contributed by atoms with Crippen molar-refractivity contribution in [2.45, 2.75) is 43.2 Å². The van der Waals surface area contributed by atoms with E-state index in [1.165, 1.54) is 23.6 Å². The molecule has 2 aromatic rings. The van der Waals surface area contributed by atoms with Crippen LogP contribution in [0.25, 0.3) is 0 Å². The summed E-state index contributed by atoms with van der Waals surface area (Å²) in [4.78, 5) is 16.3. The quantitative estimate of drug-likeness (QED) is 0.828. The first-order valence-corrected chi connectivity index (χ1v) is 11.3. The van der Waals surface area contributed by atoms with E-state index in [4.69, 9.17) is 4.74 Å². The van der Waals surface area contributed by atoms with Crippen LogP contribution in [0.3, 0.4) is 0 Å². The van der Waals surface area contributed by atoms with Crippen molar-refractivity contribution in [2.75, 3.05) is 13.7 Å². The summed E-state index contributed by atoms with van der Waals surface area (Å²) in [7, 11) is -2.30. The lowest BCUT2D eigenvalue weighted by molar-refractivity contribution is 0.0679. The third-order valence-electron chi connectivity index (χ3n) is 5.14. The zero-order valence-electron chi connectivity index (χ0n) is 15.3. The Morgan fingerprint density at radius 1 is 1.30 bits per heavy atom. The summed E-state index contributed by atoms with van der Waals surface area (Å²) >= 11 is 1.72. The molecule has 6 nitrogen and oxygen atoms in total. The topological polar surface area (TPSA) is 75.7 Å². The molecule has 0 radical (unpaired) electrons. The molecule has 0 saturated heterocycles. The van der Waals surface area contributed by atoms with Gasteiger partial charge in [-0.1, -0.05) is 0 Å². The van der Waals surface area contributed by atoms with E-state index in [-0.39, 0.29) is 28.6 Å². The number of nitrogens with one attached hydrogen (secondary N) is 1. The van der Waals surface area contributed by atoms with Crippen molar-refractivity contribution in [3.63, 3.8) is 0 Å². The van der Waals surface area contributed by atoms with Gasteiger partial charge in [-0.25, -0.2) is 13.1 Å². The van der Waals surface area contributed by atoms with E-state index in [2.05, 4.69) is 16.2 Å².